The van der Waals surface area contributed by atoms with Crippen LogP contribution in [-0.2, 0) is 6.42 Å². The number of aromatic nitrogens is 3. The predicted molar refractivity (Wildman–Crippen MR) is 76.4 cm³/mol. The summed E-state index contributed by atoms with van der Waals surface area (Å²) in [7, 11) is 0. The minimum atomic E-state index is 0.820. The van der Waals surface area contributed by atoms with Gasteiger partial charge in [0, 0.05) is 26.1 Å². The first-order chi connectivity index (χ1) is 9.42. The van der Waals surface area contributed by atoms with Crippen LogP contribution in [0.25, 0.3) is 0 Å². The third-order valence-corrected chi connectivity index (χ3v) is 4.35. The van der Waals surface area contributed by atoms with Gasteiger partial charge in [-0.05, 0) is 18.9 Å². The number of rotatable bonds is 3. The molecule has 5 heteroatoms. The van der Waals surface area contributed by atoms with Crippen molar-refractivity contribution in [3.63, 3.8) is 0 Å². The number of hydrogen-bond acceptors (Lipinski definition) is 4. The van der Waals surface area contributed by atoms with Crippen LogP contribution in [0.2, 0.25) is 0 Å². The summed E-state index contributed by atoms with van der Waals surface area (Å²) < 4.78 is 0. The molecule has 3 rings (SSSR count). The second-order valence-corrected chi connectivity index (χ2v) is 5.88. The van der Waals surface area contributed by atoms with Crippen molar-refractivity contribution in [2.75, 3.05) is 31.1 Å². The second kappa shape index (κ2) is 6.37. The number of anilines is 1. The molecule has 2 heterocycles. The van der Waals surface area contributed by atoms with E-state index in [4.69, 9.17) is 4.98 Å². The number of hydrogen-bond donors (Lipinski definition) is 2. The van der Waals surface area contributed by atoms with E-state index in [1.165, 1.54) is 38.5 Å². The molecular weight excluding hydrogens is 238 g/mol. The quantitative estimate of drug-likeness (QED) is 0.872. The Balaban J connectivity index is 1.58. The lowest BCUT2D eigenvalue weighted by Gasteiger charge is -2.20. The van der Waals surface area contributed by atoms with Gasteiger partial charge in [0.1, 0.15) is 5.82 Å². The molecule has 0 bridgehead atoms. The Morgan fingerprint density at radius 3 is 2.84 bits per heavy atom. The molecule has 2 aliphatic rings. The largest absolute Gasteiger partial charge is 0.338 e. The van der Waals surface area contributed by atoms with Gasteiger partial charge in [-0.25, -0.2) is 0 Å². The third kappa shape index (κ3) is 3.47. The molecule has 0 unspecified atom stereocenters. The molecule has 19 heavy (non-hydrogen) atoms. The van der Waals surface area contributed by atoms with Gasteiger partial charge in [0.15, 0.2) is 0 Å². The standard InChI is InChI=1S/C14H25N5/c1-2-5-12(6-3-1)11-13-16-14(18-17-13)19-9-4-7-15-8-10-19/h12,15H,1-11H2,(H,16,17,18). The Kier molecular flexibility index (Phi) is 4.33. The molecule has 1 aromatic rings. The highest BCUT2D eigenvalue weighted by molar-refractivity contribution is 5.28. The maximum Gasteiger partial charge on any atom is 0.244 e. The van der Waals surface area contributed by atoms with Crippen molar-refractivity contribution in [3.8, 4) is 0 Å². The van der Waals surface area contributed by atoms with Crippen LogP contribution in [0.1, 0.15) is 44.3 Å². The van der Waals surface area contributed by atoms with Gasteiger partial charge in [-0.3, -0.25) is 5.10 Å². The van der Waals surface area contributed by atoms with E-state index in [1.54, 1.807) is 0 Å². The number of nitrogens with one attached hydrogen (secondary N) is 2. The van der Waals surface area contributed by atoms with Gasteiger partial charge < -0.3 is 10.2 Å². The fourth-order valence-electron chi connectivity index (χ4n) is 3.23. The molecule has 5 nitrogen and oxygen atoms in total. The summed E-state index contributed by atoms with van der Waals surface area (Å²) in [5, 5.41) is 11.0. The lowest BCUT2D eigenvalue weighted by atomic mass is 9.87. The van der Waals surface area contributed by atoms with Gasteiger partial charge >= 0.3 is 0 Å². The van der Waals surface area contributed by atoms with E-state index in [-0.39, 0.29) is 0 Å². The topological polar surface area (TPSA) is 56.8 Å². The monoisotopic (exact) mass is 263 g/mol. The van der Waals surface area contributed by atoms with E-state index in [1.807, 2.05) is 0 Å². The summed E-state index contributed by atoms with van der Waals surface area (Å²) in [5.74, 6) is 2.80. The van der Waals surface area contributed by atoms with E-state index in [9.17, 15) is 0 Å². The minimum absolute atomic E-state index is 0.820. The van der Waals surface area contributed by atoms with Crippen molar-refractivity contribution in [1.82, 2.24) is 20.5 Å². The molecule has 0 spiro atoms. The van der Waals surface area contributed by atoms with Crippen LogP contribution >= 0.6 is 0 Å². The zero-order chi connectivity index (χ0) is 12.9. The predicted octanol–water partition coefficient (Wildman–Crippen LogP) is 1.73. The van der Waals surface area contributed by atoms with Crippen molar-refractivity contribution in [2.24, 2.45) is 5.92 Å². The molecule has 2 N–H and O–H groups in total. The molecular formula is C14H25N5. The van der Waals surface area contributed by atoms with Crippen molar-refractivity contribution in [1.29, 1.82) is 0 Å². The maximum absolute atomic E-state index is 4.70. The van der Waals surface area contributed by atoms with E-state index < -0.39 is 0 Å². The summed E-state index contributed by atoms with van der Waals surface area (Å²) in [4.78, 5) is 6.99. The van der Waals surface area contributed by atoms with Gasteiger partial charge in [0.25, 0.3) is 0 Å². The van der Waals surface area contributed by atoms with Crippen LogP contribution in [0, 0.1) is 5.92 Å². The molecule has 1 saturated carbocycles. The molecule has 0 radical (unpaired) electrons. The van der Waals surface area contributed by atoms with Crippen LogP contribution in [-0.4, -0.2) is 41.4 Å². The third-order valence-electron chi connectivity index (χ3n) is 4.35. The number of nitrogens with zero attached hydrogens (tertiary/aromatic N) is 3. The highest BCUT2D eigenvalue weighted by atomic mass is 15.4. The van der Waals surface area contributed by atoms with E-state index in [2.05, 4.69) is 20.4 Å². The molecule has 0 amide bonds. The summed E-state index contributed by atoms with van der Waals surface area (Å²) in [6.45, 7) is 4.22. The van der Waals surface area contributed by atoms with Gasteiger partial charge in [-0.1, -0.05) is 32.1 Å². The van der Waals surface area contributed by atoms with Crippen LogP contribution in [0.4, 0.5) is 5.95 Å². The Labute approximate surface area is 115 Å². The van der Waals surface area contributed by atoms with E-state index >= 15 is 0 Å². The Hall–Kier alpha value is -1.10. The Morgan fingerprint density at radius 2 is 1.95 bits per heavy atom. The average Bonchev–Trinajstić information content (AvgIpc) is 2.74. The van der Waals surface area contributed by atoms with Crippen LogP contribution in [0.15, 0.2) is 0 Å². The molecule has 0 atom stereocenters. The number of aromatic amines is 1. The zero-order valence-corrected chi connectivity index (χ0v) is 11.7. The summed E-state index contributed by atoms with van der Waals surface area (Å²) >= 11 is 0. The molecule has 1 aromatic heterocycles. The first-order valence-corrected chi connectivity index (χ1v) is 7.79. The van der Waals surface area contributed by atoms with Crippen LogP contribution < -0.4 is 10.2 Å². The lowest BCUT2D eigenvalue weighted by Crippen LogP contribution is -2.28. The van der Waals surface area contributed by atoms with Crippen molar-refractivity contribution < 1.29 is 0 Å². The fraction of sp³-hybridized carbons (Fsp3) is 0.857. The van der Waals surface area contributed by atoms with Gasteiger partial charge in [-0.15, -0.1) is 5.10 Å². The smallest absolute Gasteiger partial charge is 0.244 e. The molecule has 0 aromatic carbocycles. The second-order valence-electron chi connectivity index (χ2n) is 5.88. The van der Waals surface area contributed by atoms with E-state index in [0.29, 0.717) is 0 Å². The van der Waals surface area contributed by atoms with Crippen molar-refractivity contribution in [3.05, 3.63) is 5.82 Å². The van der Waals surface area contributed by atoms with Gasteiger partial charge in [0.05, 0.1) is 0 Å². The molecule has 1 aliphatic carbocycles. The normalized spacial score (nSPS) is 22.4. The van der Waals surface area contributed by atoms with Crippen molar-refractivity contribution in [2.45, 2.75) is 44.9 Å². The van der Waals surface area contributed by atoms with Crippen LogP contribution in [0.5, 0.6) is 0 Å². The summed E-state index contributed by atoms with van der Waals surface area (Å²) in [6, 6.07) is 0. The fourth-order valence-corrected chi connectivity index (χ4v) is 3.23. The highest BCUT2D eigenvalue weighted by Crippen LogP contribution is 2.26. The Bertz CT molecular complexity index is 375. The maximum atomic E-state index is 4.70. The average molecular weight is 263 g/mol. The molecule has 106 valence electrons. The zero-order valence-electron chi connectivity index (χ0n) is 11.7. The summed E-state index contributed by atoms with van der Waals surface area (Å²) in [5.41, 5.74) is 0. The van der Waals surface area contributed by atoms with Crippen LogP contribution in [0.3, 0.4) is 0 Å². The van der Waals surface area contributed by atoms with Gasteiger partial charge in [-0.2, -0.15) is 4.98 Å². The van der Waals surface area contributed by atoms with Crippen molar-refractivity contribution >= 4 is 5.95 Å². The first-order valence-electron chi connectivity index (χ1n) is 7.79. The first kappa shape index (κ1) is 12.9. The molecule has 1 saturated heterocycles. The number of H-pyrrole nitrogens is 1. The molecule has 2 fully saturated rings. The van der Waals surface area contributed by atoms with E-state index in [0.717, 1.165) is 50.3 Å². The Morgan fingerprint density at radius 1 is 1.05 bits per heavy atom. The SMILES string of the molecule is C1CCC(Cc2nc(N3CCCNCC3)n[nH]2)CC1. The highest BCUT2D eigenvalue weighted by Gasteiger charge is 2.18. The lowest BCUT2D eigenvalue weighted by molar-refractivity contribution is 0.352. The van der Waals surface area contributed by atoms with Gasteiger partial charge in [0.2, 0.25) is 5.95 Å². The summed E-state index contributed by atoms with van der Waals surface area (Å²) in [6.07, 6.45) is 9.19. The molecule has 1 aliphatic heterocycles. The minimum Gasteiger partial charge on any atom is -0.338 e.